The van der Waals surface area contributed by atoms with Gasteiger partial charge in [0.15, 0.2) is 5.76 Å². The van der Waals surface area contributed by atoms with Crippen LogP contribution in [-0.4, -0.2) is 34.5 Å². The predicted molar refractivity (Wildman–Crippen MR) is 113 cm³/mol. The van der Waals surface area contributed by atoms with E-state index in [4.69, 9.17) is 14.0 Å². The van der Waals surface area contributed by atoms with Gasteiger partial charge in [-0.05, 0) is 82.6 Å². The second kappa shape index (κ2) is 8.99. The zero-order valence-corrected chi connectivity index (χ0v) is 17.8. The number of aliphatic carboxylic acids is 1. The highest BCUT2D eigenvalue weighted by Crippen LogP contribution is 2.36. The van der Waals surface area contributed by atoms with Crippen LogP contribution >= 0.6 is 0 Å². The highest BCUT2D eigenvalue weighted by Gasteiger charge is 2.31. The molecule has 166 valence electrons. The molecule has 2 aliphatic rings. The molecule has 2 saturated carbocycles. The number of carbonyl (C=O) groups excluding carboxylic acids is 1. The quantitative estimate of drug-likeness (QED) is 0.637. The van der Waals surface area contributed by atoms with Crippen molar-refractivity contribution in [2.24, 2.45) is 11.8 Å². The summed E-state index contributed by atoms with van der Waals surface area (Å²) in [6.07, 6.45) is 4.39. The second-order valence-electron chi connectivity index (χ2n) is 8.51. The summed E-state index contributed by atoms with van der Waals surface area (Å²) in [5.74, 6) is 0.476. The van der Waals surface area contributed by atoms with Crippen LogP contribution in [0.1, 0.15) is 51.1 Å². The number of amides is 1. The molecule has 0 aliphatic heterocycles. The lowest BCUT2D eigenvalue weighted by Crippen LogP contribution is -2.29. The number of ether oxygens (including phenoxy) is 2. The Hall–Kier alpha value is -3.03. The van der Waals surface area contributed by atoms with E-state index in [1.807, 2.05) is 31.2 Å². The Bertz CT molecular complexity index is 934. The molecule has 1 aromatic carbocycles. The molecule has 0 spiro atoms. The van der Waals surface area contributed by atoms with Gasteiger partial charge >= 0.3 is 12.1 Å². The zero-order chi connectivity index (χ0) is 22.0. The molecule has 0 saturated heterocycles. The van der Waals surface area contributed by atoms with E-state index in [0.29, 0.717) is 41.7 Å². The molecule has 31 heavy (non-hydrogen) atoms. The lowest BCUT2D eigenvalue weighted by molar-refractivity contribution is -0.143. The van der Waals surface area contributed by atoms with Gasteiger partial charge in [-0.2, -0.15) is 0 Å². The van der Waals surface area contributed by atoms with Crippen LogP contribution in [0.15, 0.2) is 28.8 Å². The zero-order valence-electron chi connectivity index (χ0n) is 17.8. The van der Waals surface area contributed by atoms with Crippen molar-refractivity contribution < 1.29 is 28.7 Å². The third-order valence-electron chi connectivity index (χ3n) is 6.06. The fraction of sp³-hybridized carbons (Fsp3) is 0.522. The average molecular weight is 428 g/mol. The van der Waals surface area contributed by atoms with Gasteiger partial charge < -0.3 is 19.1 Å². The first-order valence-corrected chi connectivity index (χ1v) is 10.8. The van der Waals surface area contributed by atoms with Gasteiger partial charge in [-0.15, -0.1) is 0 Å². The van der Waals surface area contributed by atoms with Gasteiger partial charge in [0.2, 0.25) is 0 Å². The maximum Gasteiger partial charge on any atom is 0.412 e. The van der Waals surface area contributed by atoms with E-state index in [9.17, 15) is 14.7 Å². The van der Waals surface area contributed by atoms with Crippen molar-refractivity contribution in [3.63, 3.8) is 0 Å². The molecular weight excluding hydrogens is 400 g/mol. The van der Waals surface area contributed by atoms with Crippen molar-refractivity contribution in [3.8, 4) is 17.1 Å². The molecule has 0 radical (unpaired) electrons. The molecule has 8 heteroatoms. The summed E-state index contributed by atoms with van der Waals surface area (Å²) < 4.78 is 16.9. The number of hydrogen-bond acceptors (Lipinski definition) is 6. The summed E-state index contributed by atoms with van der Waals surface area (Å²) in [6, 6.07) is 7.29. The van der Waals surface area contributed by atoms with Gasteiger partial charge in [-0.3, -0.25) is 10.1 Å². The predicted octanol–water partition coefficient (Wildman–Crippen LogP) is 5.02. The van der Waals surface area contributed by atoms with Crippen LogP contribution in [0, 0.1) is 18.8 Å². The van der Waals surface area contributed by atoms with E-state index in [1.165, 1.54) is 0 Å². The molecule has 2 aliphatic carbocycles. The highest BCUT2D eigenvalue weighted by molar-refractivity contribution is 5.90. The van der Waals surface area contributed by atoms with Crippen LogP contribution in [0.2, 0.25) is 0 Å². The van der Waals surface area contributed by atoms with Crippen molar-refractivity contribution in [1.82, 2.24) is 5.16 Å². The number of nitrogens with zero attached hydrogens (tertiary/aromatic N) is 1. The molecule has 8 nitrogen and oxygen atoms in total. The van der Waals surface area contributed by atoms with Crippen LogP contribution < -0.4 is 10.1 Å². The Labute approximate surface area is 180 Å². The minimum Gasteiger partial charge on any atom is -0.490 e. The number of anilines is 1. The topological polar surface area (TPSA) is 111 Å². The number of aryl methyl sites for hydroxylation is 1. The number of nitrogens with one attached hydrogen (secondary N) is 1. The second-order valence-corrected chi connectivity index (χ2v) is 8.51. The van der Waals surface area contributed by atoms with Gasteiger partial charge in [-0.1, -0.05) is 5.16 Å². The molecular formula is C23H28N2O6. The summed E-state index contributed by atoms with van der Waals surface area (Å²) in [7, 11) is 0. The Morgan fingerprint density at radius 2 is 1.94 bits per heavy atom. The summed E-state index contributed by atoms with van der Waals surface area (Å²) in [6.45, 7) is 3.66. The lowest BCUT2D eigenvalue weighted by atomic mass is 9.87. The number of aromatic nitrogens is 1. The number of rotatable bonds is 7. The van der Waals surface area contributed by atoms with E-state index < -0.39 is 12.1 Å². The average Bonchev–Trinajstić information content (AvgIpc) is 3.54. The molecule has 1 amide bonds. The van der Waals surface area contributed by atoms with E-state index in [2.05, 4.69) is 10.5 Å². The highest BCUT2D eigenvalue weighted by atomic mass is 16.6. The number of hydrogen-bond donors (Lipinski definition) is 2. The molecule has 4 rings (SSSR count). The molecule has 1 heterocycles. The van der Waals surface area contributed by atoms with Gasteiger partial charge in [0.25, 0.3) is 0 Å². The monoisotopic (exact) mass is 428 g/mol. The normalized spacial score (nSPS) is 21.9. The fourth-order valence-electron chi connectivity index (χ4n) is 4.03. The number of carboxylic acids is 1. The Kier molecular flexibility index (Phi) is 6.15. The summed E-state index contributed by atoms with van der Waals surface area (Å²) >= 11 is 0. The molecule has 3 atom stereocenters. The van der Waals surface area contributed by atoms with Crippen LogP contribution in [0.25, 0.3) is 11.3 Å². The van der Waals surface area contributed by atoms with Crippen LogP contribution in [0.3, 0.4) is 0 Å². The maximum absolute atomic E-state index is 12.3. The smallest absolute Gasteiger partial charge is 0.412 e. The van der Waals surface area contributed by atoms with Gasteiger partial charge in [0.05, 0.1) is 12.0 Å². The number of benzene rings is 1. The van der Waals surface area contributed by atoms with Crippen molar-refractivity contribution in [2.45, 2.75) is 64.6 Å². The molecule has 2 aromatic rings. The molecule has 0 unspecified atom stereocenters. The van der Waals surface area contributed by atoms with Gasteiger partial charge in [-0.25, -0.2) is 4.79 Å². The minimum absolute atomic E-state index is 0.103. The van der Waals surface area contributed by atoms with E-state index in [0.717, 1.165) is 31.2 Å². The lowest BCUT2D eigenvalue weighted by Gasteiger charge is -2.27. The molecule has 0 bridgehead atoms. The Morgan fingerprint density at radius 3 is 2.61 bits per heavy atom. The summed E-state index contributed by atoms with van der Waals surface area (Å²) in [4.78, 5) is 23.5. The van der Waals surface area contributed by atoms with E-state index in [1.54, 1.807) is 6.92 Å². The standard InChI is InChI=1S/C23H28N2O6/c1-13-20(24-23(28)29-14(2)15-6-7-15)21(31-25-13)16-8-10-18(11-9-16)30-19-5-3-4-17(12-19)22(26)27/h8-11,14-15,17,19H,3-7,12H2,1-2H3,(H,24,28)(H,26,27)/t14-,17+,19-/m1/s1. The third-order valence-corrected chi connectivity index (χ3v) is 6.06. The van der Waals surface area contributed by atoms with Gasteiger partial charge in [0, 0.05) is 5.56 Å². The molecule has 1 aromatic heterocycles. The number of carbonyl (C=O) groups is 2. The molecule has 2 fully saturated rings. The summed E-state index contributed by atoms with van der Waals surface area (Å²) in [5, 5.41) is 16.0. The Morgan fingerprint density at radius 1 is 1.19 bits per heavy atom. The minimum atomic E-state index is -0.755. The van der Waals surface area contributed by atoms with Crippen molar-refractivity contribution in [2.75, 3.05) is 5.32 Å². The van der Waals surface area contributed by atoms with Gasteiger partial charge in [0.1, 0.15) is 23.2 Å². The van der Waals surface area contributed by atoms with E-state index >= 15 is 0 Å². The van der Waals surface area contributed by atoms with Crippen molar-refractivity contribution in [3.05, 3.63) is 30.0 Å². The fourth-order valence-corrected chi connectivity index (χ4v) is 4.03. The van der Waals surface area contributed by atoms with E-state index in [-0.39, 0.29) is 18.1 Å². The van der Waals surface area contributed by atoms with Crippen LogP contribution in [0.4, 0.5) is 10.5 Å². The summed E-state index contributed by atoms with van der Waals surface area (Å²) in [5.41, 5.74) is 1.79. The largest absolute Gasteiger partial charge is 0.490 e. The Balaban J connectivity index is 1.41. The SMILES string of the molecule is Cc1noc(-c2ccc(O[C@@H]3CCC[C@H](C(=O)O)C3)cc2)c1NC(=O)O[C@H](C)C1CC1. The first-order valence-electron chi connectivity index (χ1n) is 10.8. The van der Waals surface area contributed by atoms with Crippen LogP contribution in [0.5, 0.6) is 5.75 Å². The maximum atomic E-state index is 12.3. The van der Waals surface area contributed by atoms with Crippen molar-refractivity contribution >= 4 is 17.7 Å². The molecule has 2 N–H and O–H groups in total. The first-order chi connectivity index (χ1) is 14.9. The van der Waals surface area contributed by atoms with Crippen LogP contribution in [-0.2, 0) is 9.53 Å². The first kappa shape index (κ1) is 21.2. The number of carboxylic acid groups (broad SMARTS) is 1. The van der Waals surface area contributed by atoms with Crippen molar-refractivity contribution in [1.29, 1.82) is 0 Å². The third kappa shape index (κ3) is 5.18.